The lowest BCUT2D eigenvalue weighted by Gasteiger charge is -2.24. The van der Waals surface area contributed by atoms with Gasteiger partial charge in [-0.2, -0.15) is 0 Å². The first-order chi connectivity index (χ1) is 6.41. The summed E-state index contributed by atoms with van der Waals surface area (Å²) in [4.78, 5) is 16.1. The molecule has 80 valence electrons. The molecule has 2 nitrogen and oxygen atoms in total. The Hall–Kier alpha value is -0.570. The monoisotopic (exact) mass is 213 g/mol. The molecule has 0 spiro atoms. The quantitative estimate of drug-likeness (QED) is 0.408. The van der Waals surface area contributed by atoms with E-state index in [0.29, 0.717) is 12.0 Å². The van der Waals surface area contributed by atoms with Crippen molar-refractivity contribution in [2.75, 3.05) is 13.3 Å². The summed E-state index contributed by atoms with van der Waals surface area (Å²) in [5, 5.41) is 0.858. The number of hydrogen-bond donors (Lipinski definition) is 0. The Morgan fingerprint density at radius 2 is 2.00 bits per heavy atom. The minimum absolute atomic E-state index is 0.0925. The van der Waals surface area contributed by atoms with Crippen molar-refractivity contribution >= 4 is 22.6 Å². The largest absolute Gasteiger partial charge is 0.293 e. The number of aliphatic imine (C=N–C) groups is 1. The van der Waals surface area contributed by atoms with E-state index in [1.165, 1.54) is 11.8 Å². The van der Waals surface area contributed by atoms with Gasteiger partial charge in [0, 0.05) is 7.05 Å². The van der Waals surface area contributed by atoms with E-state index in [0.717, 1.165) is 5.04 Å². The number of hydrogen-bond acceptors (Lipinski definition) is 3. The number of ketones is 1. The van der Waals surface area contributed by atoms with Crippen molar-refractivity contribution < 1.29 is 4.79 Å². The average Bonchev–Trinajstić information content (AvgIpc) is 2.16. The number of carbonyl (C=O) groups excluding carboxylic acids is 1. The van der Waals surface area contributed by atoms with Crippen LogP contribution >= 0.6 is 11.8 Å². The maximum atomic E-state index is 12.0. The standard InChI is InChI=1S/C11H19NOS/c1-7-8(2)9(13)11(3,4)10(12-5)14-6/h2,7H2,1,3-6H3. The van der Waals surface area contributed by atoms with Gasteiger partial charge in [-0.3, -0.25) is 9.79 Å². The lowest BCUT2D eigenvalue weighted by atomic mass is 9.84. The third kappa shape index (κ3) is 2.71. The highest BCUT2D eigenvalue weighted by Crippen LogP contribution is 2.28. The van der Waals surface area contributed by atoms with E-state index in [9.17, 15) is 4.79 Å². The van der Waals surface area contributed by atoms with E-state index in [1.54, 1.807) is 7.05 Å². The Morgan fingerprint density at radius 1 is 1.50 bits per heavy atom. The molecule has 0 atom stereocenters. The van der Waals surface area contributed by atoms with Crippen LogP contribution in [-0.2, 0) is 4.79 Å². The summed E-state index contributed by atoms with van der Waals surface area (Å²) < 4.78 is 0. The van der Waals surface area contributed by atoms with Crippen LogP contribution in [0.5, 0.6) is 0 Å². The molecular weight excluding hydrogens is 194 g/mol. The van der Waals surface area contributed by atoms with Crippen LogP contribution in [0.25, 0.3) is 0 Å². The second kappa shape index (κ2) is 5.35. The van der Waals surface area contributed by atoms with Gasteiger partial charge in [-0.15, -0.1) is 11.8 Å². The van der Waals surface area contributed by atoms with Crippen LogP contribution in [0.1, 0.15) is 27.2 Å². The number of Topliss-reactive ketones (excluding diaryl/α,β-unsaturated/α-hetero) is 1. The summed E-state index contributed by atoms with van der Waals surface area (Å²) >= 11 is 1.52. The van der Waals surface area contributed by atoms with E-state index in [-0.39, 0.29) is 5.78 Å². The molecule has 0 rings (SSSR count). The van der Waals surface area contributed by atoms with E-state index in [4.69, 9.17) is 0 Å². The van der Waals surface area contributed by atoms with Gasteiger partial charge in [-0.25, -0.2) is 0 Å². The SMILES string of the molecule is C=C(CC)C(=O)C(C)(C)C(=NC)SC. The summed E-state index contributed by atoms with van der Waals surface area (Å²) in [7, 11) is 1.72. The van der Waals surface area contributed by atoms with E-state index >= 15 is 0 Å². The number of nitrogens with zero attached hydrogens (tertiary/aromatic N) is 1. The van der Waals surface area contributed by atoms with Crippen LogP contribution < -0.4 is 0 Å². The minimum Gasteiger partial charge on any atom is -0.293 e. The molecule has 0 aliphatic carbocycles. The van der Waals surface area contributed by atoms with Gasteiger partial charge < -0.3 is 0 Å². The van der Waals surface area contributed by atoms with Crippen molar-refractivity contribution in [1.82, 2.24) is 0 Å². The van der Waals surface area contributed by atoms with Gasteiger partial charge in [-0.1, -0.05) is 13.5 Å². The average molecular weight is 213 g/mol. The molecule has 0 amide bonds. The van der Waals surface area contributed by atoms with Gasteiger partial charge >= 0.3 is 0 Å². The Labute approximate surface area is 90.9 Å². The highest BCUT2D eigenvalue weighted by Gasteiger charge is 2.33. The van der Waals surface area contributed by atoms with E-state index in [2.05, 4.69) is 11.6 Å². The van der Waals surface area contributed by atoms with E-state index in [1.807, 2.05) is 27.0 Å². The van der Waals surface area contributed by atoms with Crippen LogP contribution in [0, 0.1) is 5.41 Å². The summed E-state index contributed by atoms with van der Waals surface area (Å²) in [6.45, 7) is 9.51. The smallest absolute Gasteiger partial charge is 0.170 e. The molecule has 0 saturated carbocycles. The molecular formula is C11H19NOS. The number of rotatable bonds is 4. The van der Waals surface area contributed by atoms with Crippen LogP contribution in [0.2, 0.25) is 0 Å². The zero-order valence-corrected chi connectivity index (χ0v) is 10.5. The third-order valence-electron chi connectivity index (χ3n) is 2.25. The van der Waals surface area contributed by atoms with Crippen molar-refractivity contribution in [3.05, 3.63) is 12.2 Å². The Balaban J connectivity index is 4.95. The zero-order valence-electron chi connectivity index (χ0n) is 9.68. The molecule has 3 heteroatoms. The van der Waals surface area contributed by atoms with Crippen LogP contribution in [0.15, 0.2) is 17.1 Å². The lowest BCUT2D eigenvalue weighted by Crippen LogP contribution is -2.32. The van der Waals surface area contributed by atoms with Crippen molar-refractivity contribution in [2.45, 2.75) is 27.2 Å². The van der Waals surface area contributed by atoms with Crippen LogP contribution in [0.4, 0.5) is 0 Å². The fourth-order valence-electron chi connectivity index (χ4n) is 1.33. The zero-order chi connectivity index (χ0) is 11.4. The number of allylic oxidation sites excluding steroid dienone is 1. The Morgan fingerprint density at radius 3 is 2.29 bits per heavy atom. The molecule has 0 unspecified atom stereocenters. The molecule has 0 saturated heterocycles. The second-order valence-electron chi connectivity index (χ2n) is 3.64. The summed E-state index contributed by atoms with van der Waals surface area (Å²) in [5.74, 6) is 0.0925. The summed E-state index contributed by atoms with van der Waals surface area (Å²) in [6.07, 6.45) is 2.64. The maximum Gasteiger partial charge on any atom is 0.170 e. The van der Waals surface area contributed by atoms with Gasteiger partial charge in [0.15, 0.2) is 5.78 Å². The van der Waals surface area contributed by atoms with Gasteiger partial charge in [-0.05, 0) is 32.1 Å². The second-order valence-corrected chi connectivity index (χ2v) is 4.44. The first kappa shape index (κ1) is 13.4. The third-order valence-corrected chi connectivity index (χ3v) is 3.33. The van der Waals surface area contributed by atoms with Crippen LogP contribution in [0.3, 0.4) is 0 Å². The number of carbonyl (C=O) groups is 1. The molecule has 0 N–H and O–H groups in total. The maximum absolute atomic E-state index is 12.0. The van der Waals surface area contributed by atoms with Crippen molar-refractivity contribution in [1.29, 1.82) is 0 Å². The molecule has 14 heavy (non-hydrogen) atoms. The number of thioether (sulfide) groups is 1. The molecule has 0 radical (unpaired) electrons. The fourth-order valence-corrected chi connectivity index (χ4v) is 2.11. The van der Waals surface area contributed by atoms with Gasteiger partial charge in [0.25, 0.3) is 0 Å². The summed E-state index contributed by atoms with van der Waals surface area (Å²) in [6, 6.07) is 0. The predicted molar refractivity (Wildman–Crippen MR) is 65.1 cm³/mol. The fraction of sp³-hybridized carbons (Fsp3) is 0.636. The lowest BCUT2D eigenvalue weighted by molar-refractivity contribution is -0.120. The molecule has 0 fully saturated rings. The Bertz CT molecular complexity index is 266. The summed E-state index contributed by atoms with van der Waals surface area (Å²) in [5.41, 5.74) is 0.145. The molecule has 0 aromatic rings. The first-order valence-electron chi connectivity index (χ1n) is 4.65. The highest BCUT2D eigenvalue weighted by atomic mass is 32.2. The Kier molecular flexibility index (Phi) is 5.13. The van der Waals surface area contributed by atoms with E-state index < -0.39 is 5.41 Å². The normalized spacial score (nSPS) is 12.8. The first-order valence-corrected chi connectivity index (χ1v) is 5.88. The molecule has 0 aromatic carbocycles. The van der Waals surface area contributed by atoms with Gasteiger partial charge in [0.1, 0.15) is 0 Å². The molecule has 0 aliphatic heterocycles. The topological polar surface area (TPSA) is 29.4 Å². The molecule has 0 aromatic heterocycles. The van der Waals surface area contributed by atoms with Crippen LogP contribution in [-0.4, -0.2) is 24.1 Å². The van der Waals surface area contributed by atoms with Gasteiger partial charge in [0.05, 0.1) is 10.5 Å². The van der Waals surface area contributed by atoms with Crippen molar-refractivity contribution in [3.63, 3.8) is 0 Å². The predicted octanol–water partition coefficient (Wildman–Crippen LogP) is 2.94. The molecule has 0 aliphatic rings. The van der Waals surface area contributed by atoms with Crippen molar-refractivity contribution in [2.24, 2.45) is 10.4 Å². The highest BCUT2D eigenvalue weighted by molar-refractivity contribution is 8.13. The minimum atomic E-state index is -0.527. The molecule has 0 heterocycles. The van der Waals surface area contributed by atoms with Crippen molar-refractivity contribution in [3.8, 4) is 0 Å². The molecule has 0 bridgehead atoms. The van der Waals surface area contributed by atoms with Gasteiger partial charge in [0.2, 0.25) is 0 Å².